The van der Waals surface area contributed by atoms with Crippen molar-refractivity contribution in [2.45, 2.75) is 32.2 Å². The lowest BCUT2D eigenvalue weighted by Crippen LogP contribution is -2.54. The van der Waals surface area contributed by atoms with Gasteiger partial charge in [0.2, 0.25) is 5.82 Å². The van der Waals surface area contributed by atoms with Crippen LogP contribution in [0.15, 0.2) is 0 Å². The molecule has 118 valence electrons. The Balaban J connectivity index is 1.91. The van der Waals surface area contributed by atoms with E-state index in [0.29, 0.717) is 12.6 Å². The molecule has 1 atom stereocenters. The van der Waals surface area contributed by atoms with Gasteiger partial charge in [0.1, 0.15) is 5.82 Å². The number of likely N-dealkylation sites (N-methyl/N-ethyl adjacent to an activating group) is 2. The Bertz CT molecular complexity index is 492. The van der Waals surface area contributed by atoms with Gasteiger partial charge in [-0.25, -0.2) is 4.98 Å². The second-order valence-electron chi connectivity index (χ2n) is 6.86. The highest BCUT2D eigenvalue weighted by atomic mass is 16.2. The van der Waals surface area contributed by atoms with Gasteiger partial charge < -0.3 is 10.2 Å². The van der Waals surface area contributed by atoms with Crippen molar-refractivity contribution < 1.29 is 4.79 Å². The second-order valence-corrected chi connectivity index (χ2v) is 6.86. The van der Waals surface area contributed by atoms with Crippen LogP contribution in [-0.4, -0.2) is 77.2 Å². The fourth-order valence-electron chi connectivity index (χ4n) is 2.31. The molecule has 0 bridgehead atoms. The summed E-state index contributed by atoms with van der Waals surface area (Å²) in [4.78, 5) is 21.0. The Morgan fingerprint density at radius 1 is 1.38 bits per heavy atom. The van der Waals surface area contributed by atoms with E-state index >= 15 is 0 Å². The molecule has 7 heteroatoms. The van der Waals surface area contributed by atoms with Crippen LogP contribution in [0.3, 0.4) is 0 Å². The number of aromatic nitrogens is 3. The molecule has 7 nitrogen and oxygen atoms in total. The van der Waals surface area contributed by atoms with E-state index in [1.54, 1.807) is 0 Å². The average molecular weight is 294 g/mol. The number of nitrogens with one attached hydrogen (secondary N) is 2. The van der Waals surface area contributed by atoms with Gasteiger partial charge >= 0.3 is 0 Å². The summed E-state index contributed by atoms with van der Waals surface area (Å²) in [5.74, 6) is 0.720. The van der Waals surface area contributed by atoms with Gasteiger partial charge in [-0.15, -0.1) is 5.10 Å². The van der Waals surface area contributed by atoms with E-state index in [2.05, 4.69) is 44.4 Å². The largest absolute Gasteiger partial charge is 0.348 e. The molecule has 2 N–H and O–H groups in total. The molecule has 1 aromatic heterocycles. The second kappa shape index (κ2) is 6.11. The molecular formula is C14H26N6O. The van der Waals surface area contributed by atoms with Crippen molar-refractivity contribution in [2.24, 2.45) is 0 Å². The maximum absolute atomic E-state index is 12.1. The highest BCUT2D eigenvalue weighted by molar-refractivity contribution is 5.90. The van der Waals surface area contributed by atoms with Crippen LogP contribution in [0.25, 0.3) is 0 Å². The Morgan fingerprint density at radius 3 is 2.71 bits per heavy atom. The molecule has 0 aliphatic carbocycles. The van der Waals surface area contributed by atoms with Gasteiger partial charge in [-0.05, 0) is 14.1 Å². The first kappa shape index (κ1) is 15.9. The SMILES string of the molecule is CN1CCN(C)C(CNC(=O)c2n[nH]c(C(C)(C)C)n2)C1. The van der Waals surface area contributed by atoms with Gasteiger partial charge in [0.25, 0.3) is 5.91 Å². The molecule has 1 fully saturated rings. The standard InChI is InChI=1S/C14H26N6O/c1-14(2,3)13-16-11(17-18-13)12(21)15-8-10-9-19(4)6-7-20(10)5/h10H,6-9H2,1-5H3,(H,15,21)(H,16,17,18). The van der Waals surface area contributed by atoms with Crippen molar-refractivity contribution in [3.63, 3.8) is 0 Å². The fraction of sp³-hybridized carbons (Fsp3) is 0.786. The zero-order chi connectivity index (χ0) is 15.6. The van der Waals surface area contributed by atoms with Gasteiger partial charge in [0.15, 0.2) is 0 Å². The Kier molecular flexibility index (Phi) is 4.63. The number of hydrogen-bond acceptors (Lipinski definition) is 5. The third-order valence-electron chi connectivity index (χ3n) is 3.88. The zero-order valence-corrected chi connectivity index (χ0v) is 13.6. The molecule has 1 amide bonds. The number of carbonyl (C=O) groups excluding carboxylic acids is 1. The first-order chi connectivity index (χ1) is 9.77. The highest BCUT2D eigenvalue weighted by Crippen LogP contribution is 2.17. The van der Waals surface area contributed by atoms with Crippen LogP contribution in [0.4, 0.5) is 0 Å². The summed E-state index contributed by atoms with van der Waals surface area (Å²) >= 11 is 0. The minimum atomic E-state index is -0.219. The lowest BCUT2D eigenvalue weighted by atomic mass is 9.96. The van der Waals surface area contributed by atoms with E-state index in [0.717, 1.165) is 25.5 Å². The van der Waals surface area contributed by atoms with Crippen LogP contribution in [0.5, 0.6) is 0 Å². The van der Waals surface area contributed by atoms with Gasteiger partial charge in [-0.3, -0.25) is 14.8 Å². The number of piperazine rings is 1. The van der Waals surface area contributed by atoms with Crippen LogP contribution in [0, 0.1) is 0 Å². The number of carbonyl (C=O) groups is 1. The van der Waals surface area contributed by atoms with Gasteiger partial charge in [0.05, 0.1) is 0 Å². The minimum Gasteiger partial charge on any atom is -0.348 e. The number of aromatic amines is 1. The quantitative estimate of drug-likeness (QED) is 0.825. The Hall–Kier alpha value is -1.47. The third kappa shape index (κ3) is 4.01. The molecule has 21 heavy (non-hydrogen) atoms. The predicted molar refractivity (Wildman–Crippen MR) is 81.3 cm³/mol. The normalized spacial score (nSPS) is 21.5. The van der Waals surface area contributed by atoms with Gasteiger partial charge in [-0.2, -0.15) is 0 Å². The van der Waals surface area contributed by atoms with Gasteiger partial charge in [-0.1, -0.05) is 20.8 Å². The van der Waals surface area contributed by atoms with Crippen molar-refractivity contribution in [3.05, 3.63) is 11.6 Å². The average Bonchev–Trinajstić information content (AvgIpc) is 2.89. The van der Waals surface area contributed by atoms with Gasteiger partial charge in [0, 0.05) is 37.6 Å². The zero-order valence-electron chi connectivity index (χ0n) is 13.6. The molecule has 2 heterocycles. The summed E-state index contributed by atoms with van der Waals surface area (Å²) in [5, 5.41) is 9.78. The van der Waals surface area contributed by atoms with Crippen LogP contribution >= 0.6 is 0 Å². The molecule has 1 unspecified atom stereocenters. The van der Waals surface area contributed by atoms with Crippen molar-refractivity contribution in [1.29, 1.82) is 0 Å². The minimum absolute atomic E-state index is 0.141. The Labute approximate surface area is 126 Å². The van der Waals surface area contributed by atoms with E-state index in [-0.39, 0.29) is 17.1 Å². The fourth-order valence-corrected chi connectivity index (χ4v) is 2.31. The first-order valence-corrected chi connectivity index (χ1v) is 7.37. The van der Waals surface area contributed by atoms with Crippen LogP contribution in [-0.2, 0) is 5.41 Å². The first-order valence-electron chi connectivity index (χ1n) is 7.37. The molecule has 0 saturated carbocycles. The molecule has 1 saturated heterocycles. The number of H-pyrrole nitrogens is 1. The van der Waals surface area contributed by atoms with E-state index in [1.807, 2.05) is 20.8 Å². The summed E-state index contributed by atoms with van der Waals surface area (Å²) in [6.45, 7) is 9.74. The molecule has 0 radical (unpaired) electrons. The van der Waals surface area contributed by atoms with Crippen molar-refractivity contribution in [1.82, 2.24) is 30.3 Å². The van der Waals surface area contributed by atoms with E-state index in [9.17, 15) is 4.79 Å². The summed E-state index contributed by atoms with van der Waals surface area (Å²) in [7, 11) is 4.20. The molecule has 1 aromatic rings. The number of nitrogens with zero attached hydrogens (tertiary/aromatic N) is 4. The predicted octanol–water partition coefficient (Wildman–Crippen LogP) is 0.0778. The monoisotopic (exact) mass is 294 g/mol. The topological polar surface area (TPSA) is 77.1 Å². The van der Waals surface area contributed by atoms with Crippen LogP contribution in [0.1, 0.15) is 37.2 Å². The van der Waals surface area contributed by atoms with Crippen LogP contribution in [0.2, 0.25) is 0 Å². The lowest BCUT2D eigenvalue weighted by Gasteiger charge is -2.37. The summed E-state index contributed by atoms with van der Waals surface area (Å²) in [6, 6.07) is 0.328. The lowest BCUT2D eigenvalue weighted by molar-refractivity contribution is 0.0872. The number of amides is 1. The molecule has 1 aliphatic heterocycles. The third-order valence-corrected chi connectivity index (χ3v) is 3.88. The highest BCUT2D eigenvalue weighted by Gasteiger charge is 2.24. The van der Waals surface area contributed by atoms with E-state index in [4.69, 9.17) is 0 Å². The molecule has 1 aliphatic rings. The molecule has 2 rings (SSSR count). The van der Waals surface area contributed by atoms with E-state index < -0.39 is 0 Å². The summed E-state index contributed by atoms with van der Waals surface area (Å²) in [6.07, 6.45) is 0. The maximum Gasteiger partial charge on any atom is 0.291 e. The Morgan fingerprint density at radius 2 is 2.10 bits per heavy atom. The molecular weight excluding hydrogens is 268 g/mol. The maximum atomic E-state index is 12.1. The summed E-state index contributed by atoms with van der Waals surface area (Å²) in [5.41, 5.74) is -0.141. The van der Waals surface area contributed by atoms with E-state index in [1.165, 1.54) is 0 Å². The van der Waals surface area contributed by atoms with Crippen molar-refractivity contribution >= 4 is 5.91 Å². The van der Waals surface area contributed by atoms with Crippen molar-refractivity contribution in [3.8, 4) is 0 Å². The number of rotatable bonds is 3. The summed E-state index contributed by atoms with van der Waals surface area (Å²) < 4.78 is 0. The molecule has 0 aromatic carbocycles. The number of hydrogen-bond donors (Lipinski definition) is 2. The van der Waals surface area contributed by atoms with Crippen LogP contribution < -0.4 is 5.32 Å². The smallest absolute Gasteiger partial charge is 0.291 e. The van der Waals surface area contributed by atoms with Crippen molar-refractivity contribution in [2.75, 3.05) is 40.3 Å². The molecule has 0 spiro atoms.